The molecule has 0 aromatic heterocycles. The van der Waals surface area contributed by atoms with Gasteiger partial charge in [-0.3, -0.25) is 14.4 Å². The van der Waals surface area contributed by atoms with E-state index in [9.17, 15) is 14.4 Å². The number of carbonyl (C=O) groups excluding carboxylic acids is 3. The van der Waals surface area contributed by atoms with E-state index in [1.165, 1.54) is 0 Å². The SMILES string of the molecule is CCOC(=O)C1(C(=O)OCC)CC2(CCCCC2)[C@H]2OC(=O)[C@H]2[C@@H]1c1ccc(Br)cc1. The van der Waals surface area contributed by atoms with Gasteiger partial charge in [0.1, 0.15) is 12.0 Å². The minimum atomic E-state index is -1.57. The van der Waals surface area contributed by atoms with Crippen molar-refractivity contribution in [2.24, 2.45) is 16.7 Å². The highest BCUT2D eigenvalue weighted by Gasteiger charge is 2.73. The Morgan fingerprint density at radius 2 is 1.61 bits per heavy atom. The zero-order valence-corrected chi connectivity index (χ0v) is 19.6. The number of benzene rings is 1. The summed E-state index contributed by atoms with van der Waals surface area (Å²) in [6.45, 7) is 3.76. The van der Waals surface area contributed by atoms with E-state index < -0.39 is 34.6 Å². The predicted octanol–water partition coefficient (Wildman–Crippen LogP) is 4.54. The van der Waals surface area contributed by atoms with Gasteiger partial charge < -0.3 is 14.2 Å². The summed E-state index contributed by atoms with van der Waals surface area (Å²) < 4.78 is 17.6. The highest BCUT2D eigenvalue weighted by molar-refractivity contribution is 9.10. The lowest BCUT2D eigenvalue weighted by Crippen LogP contribution is -2.68. The number of fused-ring (bicyclic) bond motifs is 2. The van der Waals surface area contributed by atoms with Crippen LogP contribution in [0.5, 0.6) is 0 Å². The molecule has 0 N–H and O–H groups in total. The standard InChI is InChI=1S/C24H29BrO6/c1-3-29-21(27)24(22(28)30-4-2)14-23(12-6-5-7-13-23)19-17(20(26)31-19)18(24)15-8-10-16(25)11-9-15/h8-11,17-19H,3-7,12-14H2,1-2H3/t17-,18-,19-/m0/s1. The molecule has 6 nitrogen and oxygen atoms in total. The molecule has 3 atom stereocenters. The molecule has 2 saturated carbocycles. The highest BCUT2D eigenvalue weighted by atomic mass is 79.9. The van der Waals surface area contributed by atoms with Gasteiger partial charge in [0.2, 0.25) is 0 Å². The second-order valence-electron chi connectivity index (χ2n) is 8.92. The first kappa shape index (κ1) is 22.3. The molecule has 1 aromatic rings. The van der Waals surface area contributed by atoms with E-state index in [1.54, 1.807) is 13.8 Å². The van der Waals surface area contributed by atoms with Crippen LogP contribution in [0.1, 0.15) is 63.9 Å². The van der Waals surface area contributed by atoms with Crippen molar-refractivity contribution >= 4 is 33.8 Å². The van der Waals surface area contributed by atoms with E-state index in [0.717, 1.165) is 42.1 Å². The highest BCUT2D eigenvalue weighted by Crippen LogP contribution is 2.65. The van der Waals surface area contributed by atoms with Crippen LogP contribution in [0.15, 0.2) is 28.7 Å². The van der Waals surface area contributed by atoms with Gasteiger partial charge in [0.25, 0.3) is 0 Å². The number of hydrogen-bond donors (Lipinski definition) is 0. The molecule has 3 aliphatic rings. The quantitative estimate of drug-likeness (QED) is 0.341. The molecule has 168 valence electrons. The van der Waals surface area contributed by atoms with Crippen molar-refractivity contribution < 1.29 is 28.6 Å². The van der Waals surface area contributed by atoms with Gasteiger partial charge in [-0.15, -0.1) is 0 Å². The molecule has 0 unspecified atom stereocenters. The summed E-state index contributed by atoms with van der Waals surface area (Å²) in [5, 5.41) is 0. The molecule has 2 aliphatic carbocycles. The van der Waals surface area contributed by atoms with Crippen molar-refractivity contribution in [2.45, 2.75) is 64.4 Å². The number of esters is 3. The summed E-state index contributed by atoms with van der Waals surface area (Å²) in [6, 6.07) is 7.45. The van der Waals surface area contributed by atoms with Crippen LogP contribution in [0.4, 0.5) is 0 Å². The van der Waals surface area contributed by atoms with E-state index >= 15 is 0 Å². The van der Waals surface area contributed by atoms with Crippen LogP contribution in [-0.4, -0.2) is 37.2 Å². The molecule has 4 rings (SSSR count). The first-order chi connectivity index (χ1) is 14.9. The number of ether oxygens (including phenoxy) is 3. The predicted molar refractivity (Wildman–Crippen MR) is 116 cm³/mol. The Labute approximate surface area is 191 Å². The van der Waals surface area contributed by atoms with Crippen molar-refractivity contribution in [3.63, 3.8) is 0 Å². The third-order valence-corrected chi connectivity index (χ3v) is 7.85. The van der Waals surface area contributed by atoms with E-state index in [2.05, 4.69) is 15.9 Å². The minimum Gasteiger partial charge on any atom is -0.465 e. The smallest absolute Gasteiger partial charge is 0.324 e. The van der Waals surface area contributed by atoms with Crippen LogP contribution in [0.2, 0.25) is 0 Å². The molecule has 31 heavy (non-hydrogen) atoms. The summed E-state index contributed by atoms with van der Waals surface area (Å²) in [6.07, 6.45) is 4.74. The fourth-order valence-electron chi connectivity index (χ4n) is 6.10. The first-order valence-corrected chi connectivity index (χ1v) is 12.0. The number of hydrogen-bond acceptors (Lipinski definition) is 6. The van der Waals surface area contributed by atoms with Gasteiger partial charge in [-0.25, -0.2) is 0 Å². The molecule has 0 bridgehead atoms. The van der Waals surface area contributed by atoms with Gasteiger partial charge in [-0.2, -0.15) is 0 Å². The van der Waals surface area contributed by atoms with E-state index in [0.29, 0.717) is 0 Å². The molecule has 1 saturated heterocycles. The van der Waals surface area contributed by atoms with Crippen LogP contribution >= 0.6 is 15.9 Å². The second kappa shape index (κ2) is 8.57. The van der Waals surface area contributed by atoms with E-state index in [-0.39, 0.29) is 31.7 Å². The Bertz CT molecular complexity index is 839. The van der Waals surface area contributed by atoms with Gasteiger partial charge in [-0.05, 0) is 50.8 Å². The van der Waals surface area contributed by atoms with E-state index in [4.69, 9.17) is 14.2 Å². The van der Waals surface area contributed by atoms with Crippen LogP contribution in [-0.2, 0) is 28.6 Å². The summed E-state index contributed by atoms with van der Waals surface area (Å²) in [5.41, 5.74) is -1.22. The maximum absolute atomic E-state index is 13.6. The molecule has 1 aliphatic heterocycles. The third-order valence-electron chi connectivity index (χ3n) is 7.32. The Morgan fingerprint density at radius 1 is 1.03 bits per heavy atom. The van der Waals surface area contributed by atoms with Crippen LogP contribution in [0, 0.1) is 16.7 Å². The zero-order chi connectivity index (χ0) is 22.2. The molecule has 3 fully saturated rings. The minimum absolute atomic E-state index is 0.151. The summed E-state index contributed by atoms with van der Waals surface area (Å²) in [7, 11) is 0. The maximum atomic E-state index is 13.6. The molecular formula is C24H29BrO6. The number of rotatable bonds is 5. The lowest BCUT2D eigenvalue weighted by atomic mass is 9.46. The van der Waals surface area contributed by atoms with Gasteiger partial charge >= 0.3 is 17.9 Å². The van der Waals surface area contributed by atoms with Gasteiger partial charge in [0, 0.05) is 15.8 Å². The van der Waals surface area contributed by atoms with Gasteiger partial charge in [0.15, 0.2) is 5.41 Å². The Morgan fingerprint density at radius 3 is 2.13 bits per heavy atom. The molecule has 7 heteroatoms. The molecule has 1 spiro atoms. The zero-order valence-electron chi connectivity index (χ0n) is 18.0. The fourth-order valence-corrected chi connectivity index (χ4v) is 6.36. The summed E-state index contributed by atoms with van der Waals surface area (Å²) in [5.74, 6) is -2.78. The largest absolute Gasteiger partial charge is 0.465 e. The summed E-state index contributed by atoms with van der Waals surface area (Å²) in [4.78, 5) is 40.1. The van der Waals surface area contributed by atoms with Gasteiger partial charge in [-0.1, -0.05) is 47.3 Å². The number of halogens is 1. The molecule has 0 amide bonds. The van der Waals surface area contributed by atoms with Crippen LogP contribution in [0.3, 0.4) is 0 Å². The Hall–Kier alpha value is -1.89. The normalized spacial score (nSPS) is 28.1. The lowest BCUT2D eigenvalue weighted by molar-refractivity contribution is -0.240. The van der Waals surface area contributed by atoms with Crippen LogP contribution < -0.4 is 0 Å². The first-order valence-electron chi connectivity index (χ1n) is 11.2. The van der Waals surface area contributed by atoms with Crippen molar-refractivity contribution in [3.05, 3.63) is 34.3 Å². The molecular weight excluding hydrogens is 464 g/mol. The Balaban J connectivity index is 1.92. The average Bonchev–Trinajstić information content (AvgIpc) is 2.75. The average molecular weight is 493 g/mol. The van der Waals surface area contributed by atoms with Crippen molar-refractivity contribution in [3.8, 4) is 0 Å². The maximum Gasteiger partial charge on any atom is 0.324 e. The molecule has 1 aromatic carbocycles. The van der Waals surface area contributed by atoms with Crippen LogP contribution in [0.25, 0.3) is 0 Å². The summed E-state index contributed by atoms with van der Waals surface area (Å²) >= 11 is 3.44. The van der Waals surface area contributed by atoms with E-state index in [1.807, 2.05) is 24.3 Å². The third kappa shape index (κ3) is 3.49. The van der Waals surface area contributed by atoms with Gasteiger partial charge in [0.05, 0.1) is 13.2 Å². The molecule has 1 heterocycles. The monoisotopic (exact) mass is 492 g/mol. The van der Waals surface area contributed by atoms with Crippen molar-refractivity contribution in [1.82, 2.24) is 0 Å². The number of carbonyl (C=O) groups is 3. The second-order valence-corrected chi connectivity index (χ2v) is 9.84. The lowest BCUT2D eigenvalue weighted by Gasteiger charge is -2.60. The molecule has 0 radical (unpaired) electrons. The van der Waals surface area contributed by atoms with Crippen molar-refractivity contribution in [2.75, 3.05) is 13.2 Å². The Kier molecular flexibility index (Phi) is 6.16. The topological polar surface area (TPSA) is 78.9 Å². The fraction of sp³-hybridized carbons (Fsp3) is 0.625. The van der Waals surface area contributed by atoms with Crippen molar-refractivity contribution in [1.29, 1.82) is 0 Å².